The van der Waals surface area contributed by atoms with Gasteiger partial charge in [0, 0.05) is 0 Å². The van der Waals surface area contributed by atoms with Gasteiger partial charge in [0.2, 0.25) is 0 Å². The smallest absolute Gasteiger partial charge is 0.339 e. The summed E-state index contributed by atoms with van der Waals surface area (Å²) in [6.45, 7) is 7.96. The zero-order valence-corrected chi connectivity index (χ0v) is 12.4. The van der Waals surface area contributed by atoms with Gasteiger partial charge in [0.25, 0.3) is 0 Å². The normalized spacial score (nSPS) is 10.8. The second kappa shape index (κ2) is 5.49. The molecule has 0 radical (unpaired) electrons. The molecule has 4 heteroatoms. The molecule has 1 N–H and O–H groups in total. The Hall–Kier alpha value is -2.10. The van der Waals surface area contributed by atoms with Crippen LogP contribution in [0.5, 0.6) is 0 Å². The Morgan fingerprint density at radius 1 is 1.15 bits per heavy atom. The van der Waals surface area contributed by atoms with Crippen molar-refractivity contribution >= 4 is 5.97 Å². The van der Waals surface area contributed by atoms with Gasteiger partial charge in [-0.25, -0.2) is 9.48 Å². The molecule has 1 aromatic carbocycles. The van der Waals surface area contributed by atoms with Crippen LogP contribution in [0.1, 0.15) is 46.7 Å². The second-order valence-electron chi connectivity index (χ2n) is 5.04. The second-order valence-corrected chi connectivity index (χ2v) is 5.04. The highest BCUT2D eigenvalue weighted by molar-refractivity contribution is 5.90. The molecule has 1 aromatic heterocycles. The molecule has 1 heterocycles. The number of hydrogen-bond donors (Lipinski definition) is 1. The van der Waals surface area contributed by atoms with Crippen LogP contribution in [0, 0.1) is 13.8 Å². The lowest BCUT2D eigenvalue weighted by atomic mass is 10.1. The molecular formula is C16H20N2O2. The maximum atomic E-state index is 11.5. The minimum atomic E-state index is -0.894. The number of carboxylic acids is 1. The lowest BCUT2D eigenvalue weighted by Crippen LogP contribution is -2.06. The van der Waals surface area contributed by atoms with Gasteiger partial charge in [0.05, 0.1) is 17.1 Å². The number of aromatic nitrogens is 2. The third-order valence-corrected chi connectivity index (χ3v) is 3.39. The van der Waals surface area contributed by atoms with E-state index in [1.807, 2.05) is 39.8 Å². The molecule has 0 saturated carbocycles. The van der Waals surface area contributed by atoms with Crippen molar-refractivity contribution in [1.82, 2.24) is 9.78 Å². The van der Waals surface area contributed by atoms with E-state index in [0.29, 0.717) is 24.1 Å². The van der Waals surface area contributed by atoms with Crippen LogP contribution in [0.3, 0.4) is 0 Å². The zero-order valence-electron chi connectivity index (χ0n) is 12.4. The number of aromatic carboxylic acids is 1. The van der Waals surface area contributed by atoms with E-state index in [9.17, 15) is 9.90 Å². The van der Waals surface area contributed by atoms with Gasteiger partial charge in [-0.2, -0.15) is 5.10 Å². The Morgan fingerprint density at radius 2 is 1.75 bits per heavy atom. The summed E-state index contributed by atoms with van der Waals surface area (Å²) in [4.78, 5) is 11.5. The first-order valence-corrected chi connectivity index (χ1v) is 6.90. The summed E-state index contributed by atoms with van der Waals surface area (Å²) in [6, 6.07) is 6.16. The quantitative estimate of drug-likeness (QED) is 0.929. The van der Waals surface area contributed by atoms with Crippen molar-refractivity contribution in [2.24, 2.45) is 0 Å². The Balaban J connectivity index is 2.70. The fourth-order valence-electron chi connectivity index (χ4n) is 2.61. The average molecular weight is 272 g/mol. The van der Waals surface area contributed by atoms with E-state index in [1.165, 1.54) is 0 Å². The van der Waals surface area contributed by atoms with Gasteiger partial charge in [-0.1, -0.05) is 19.9 Å². The Bertz CT molecular complexity index is 636. The van der Waals surface area contributed by atoms with Gasteiger partial charge < -0.3 is 5.11 Å². The summed E-state index contributed by atoms with van der Waals surface area (Å²) >= 11 is 0. The fraction of sp³-hybridized carbons (Fsp3) is 0.375. The van der Waals surface area contributed by atoms with Gasteiger partial charge >= 0.3 is 5.97 Å². The summed E-state index contributed by atoms with van der Waals surface area (Å²) in [5, 5.41) is 13.9. The molecule has 106 valence electrons. The van der Waals surface area contributed by atoms with Gasteiger partial charge in [-0.3, -0.25) is 0 Å². The number of carboxylic acid groups (broad SMARTS) is 1. The summed E-state index contributed by atoms with van der Waals surface area (Å²) in [7, 11) is 0. The van der Waals surface area contributed by atoms with E-state index in [0.717, 1.165) is 22.5 Å². The van der Waals surface area contributed by atoms with Crippen molar-refractivity contribution in [3.8, 4) is 5.69 Å². The molecule has 0 aliphatic rings. The van der Waals surface area contributed by atoms with Crippen molar-refractivity contribution in [3.05, 3.63) is 46.3 Å². The Labute approximate surface area is 119 Å². The van der Waals surface area contributed by atoms with Crippen LogP contribution in [0.2, 0.25) is 0 Å². The molecule has 0 bridgehead atoms. The molecule has 0 spiro atoms. The molecule has 2 rings (SSSR count). The van der Waals surface area contributed by atoms with Crippen molar-refractivity contribution in [3.63, 3.8) is 0 Å². The number of hydrogen-bond acceptors (Lipinski definition) is 2. The lowest BCUT2D eigenvalue weighted by molar-refractivity contribution is 0.0694. The maximum Gasteiger partial charge on any atom is 0.339 e. The van der Waals surface area contributed by atoms with Crippen molar-refractivity contribution in [2.45, 2.75) is 40.5 Å². The first-order chi connectivity index (χ1) is 9.47. The molecule has 0 unspecified atom stereocenters. The molecule has 0 saturated heterocycles. The van der Waals surface area contributed by atoms with Crippen LogP contribution in [0.25, 0.3) is 5.69 Å². The molecule has 0 aliphatic carbocycles. The standard InChI is InChI=1S/C16H20N2O2/c1-5-13-15(16(19)20)14(6-2)18(17-13)12-8-10(3)7-11(4)9-12/h7-9H,5-6H2,1-4H3,(H,19,20). The van der Waals surface area contributed by atoms with Crippen molar-refractivity contribution in [1.29, 1.82) is 0 Å². The Morgan fingerprint density at radius 3 is 2.20 bits per heavy atom. The van der Waals surface area contributed by atoms with Gasteiger partial charge in [0.15, 0.2) is 0 Å². The predicted octanol–water partition coefficient (Wildman–Crippen LogP) is 3.31. The van der Waals surface area contributed by atoms with E-state index < -0.39 is 5.97 Å². The van der Waals surface area contributed by atoms with E-state index in [1.54, 1.807) is 4.68 Å². The molecular weight excluding hydrogens is 252 g/mol. The molecule has 20 heavy (non-hydrogen) atoms. The summed E-state index contributed by atoms with van der Waals surface area (Å²) in [6.07, 6.45) is 1.26. The zero-order chi connectivity index (χ0) is 14.9. The molecule has 4 nitrogen and oxygen atoms in total. The van der Waals surface area contributed by atoms with Crippen LogP contribution in [0.15, 0.2) is 18.2 Å². The predicted molar refractivity (Wildman–Crippen MR) is 78.8 cm³/mol. The molecule has 0 fully saturated rings. The summed E-state index contributed by atoms with van der Waals surface area (Å²) < 4.78 is 1.78. The molecule has 0 amide bonds. The summed E-state index contributed by atoms with van der Waals surface area (Å²) in [5.41, 5.74) is 4.99. The maximum absolute atomic E-state index is 11.5. The number of carbonyl (C=O) groups is 1. The molecule has 0 atom stereocenters. The number of benzene rings is 1. The van der Waals surface area contributed by atoms with Gasteiger partial charge in [-0.05, 0) is 49.9 Å². The first kappa shape index (κ1) is 14.3. The monoisotopic (exact) mass is 272 g/mol. The third-order valence-electron chi connectivity index (χ3n) is 3.39. The topological polar surface area (TPSA) is 55.1 Å². The highest BCUT2D eigenvalue weighted by Crippen LogP contribution is 2.22. The van der Waals surface area contributed by atoms with Crippen LogP contribution < -0.4 is 0 Å². The first-order valence-electron chi connectivity index (χ1n) is 6.90. The minimum Gasteiger partial charge on any atom is -0.478 e. The lowest BCUT2D eigenvalue weighted by Gasteiger charge is -2.09. The molecule has 0 aliphatic heterocycles. The SMILES string of the molecule is CCc1nn(-c2cc(C)cc(C)c2)c(CC)c1C(=O)O. The van der Waals surface area contributed by atoms with Crippen LogP contribution >= 0.6 is 0 Å². The van der Waals surface area contributed by atoms with E-state index >= 15 is 0 Å². The Kier molecular flexibility index (Phi) is 3.93. The molecule has 2 aromatic rings. The van der Waals surface area contributed by atoms with Gasteiger partial charge in [-0.15, -0.1) is 0 Å². The van der Waals surface area contributed by atoms with Crippen molar-refractivity contribution in [2.75, 3.05) is 0 Å². The summed E-state index contributed by atoms with van der Waals surface area (Å²) in [5.74, 6) is -0.894. The largest absolute Gasteiger partial charge is 0.478 e. The highest BCUT2D eigenvalue weighted by atomic mass is 16.4. The van der Waals surface area contributed by atoms with Crippen LogP contribution in [-0.4, -0.2) is 20.9 Å². The third kappa shape index (κ3) is 2.46. The van der Waals surface area contributed by atoms with Crippen LogP contribution in [0.4, 0.5) is 0 Å². The van der Waals surface area contributed by atoms with Crippen molar-refractivity contribution < 1.29 is 9.90 Å². The fourth-order valence-corrected chi connectivity index (χ4v) is 2.61. The average Bonchev–Trinajstić information content (AvgIpc) is 2.76. The van der Waals surface area contributed by atoms with E-state index in [2.05, 4.69) is 11.2 Å². The number of nitrogens with zero attached hydrogens (tertiary/aromatic N) is 2. The van der Waals surface area contributed by atoms with E-state index in [4.69, 9.17) is 0 Å². The highest BCUT2D eigenvalue weighted by Gasteiger charge is 2.21. The number of rotatable bonds is 4. The van der Waals surface area contributed by atoms with Gasteiger partial charge in [0.1, 0.15) is 5.56 Å². The number of aryl methyl sites for hydroxylation is 3. The minimum absolute atomic E-state index is 0.356. The van der Waals surface area contributed by atoms with E-state index in [-0.39, 0.29) is 0 Å². The van der Waals surface area contributed by atoms with Crippen LogP contribution in [-0.2, 0) is 12.8 Å².